The van der Waals surface area contributed by atoms with Crippen LogP contribution in [0.1, 0.15) is 36.7 Å². The van der Waals surface area contributed by atoms with Crippen LogP contribution in [0, 0.1) is 0 Å². The third kappa shape index (κ3) is 2.64. The molecule has 1 aromatic rings. The third-order valence-corrected chi connectivity index (χ3v) is 3.63. The largest absolute Gasteiger partial charge is 0.467 e. The molecule has 0 bridgehead atoms. The molecule has 19 heavy (non-hydrogen) atoms. The zero-order valence-corrected chi connectivity index (χ0v) is 11.5. The molecule has 5 nitrogen and oxygen atoms in total. The maximum Gasteiger partial charge on any atom is 0.328 e. The van der Waals surface area contributed by atoms with E-state index in [0.29, 0.717) is 18.7 Å². The van der Waals surface area contributed by atoms with Gasteiger partial charge in [-0.1, -0.05) is 0 Å². The van der Waals surface area contributed by atoms with Crippen molar-refractivity contribution in [1.29, 1.82) is 0 Å². The second kappa shape index (κ2) is 5.91. The number of likely N-dealkylation sites (tertiary alicyclic amines) is 1. The lowest BCUT2D eigenvalue weighted by Crippen LogP contribution is -2.48. The lowest BCUT2D eigenvalue weighted by Gasteiger charge is -2.33. The van der Waals surface area contributed by atoms with E-state index in [1.54, 1.807) is 11.0 Å². The lowest BCUT2D eigenvalue weighted by molar-refractivity contribution is -0.147. The number of aryl methyl sites for hydroxylation is 1. The van der Waals surface area contributed by atoms with E-state index in [9.17, 15) is 9.59 Å². The van der Waals surface area contributed by atoms with Crippen LogP contribution in [0.3, 0.4) is 0 Å². The fourth-order valence-corrected chi connectivity index (χ4v) is 2.59. The van der Waals surface area contributed by atoms with Gasteiger partial charge in [-0.25, -0.2) is 4.79 Å². The van der Waals surface area contributed by atoms with Crippen molar-refractivity contribution in [2.45, 2.75) is 38.8 Å². The van der Waals surface area contributed by atoms with Crippen molar-refractivity contribution >= 4 is 11.9 Å². The Bertz CT molecular complexity index is 467. The van der Waals surface area contributed by atoms with Crippen molar-refractivity contribution in [2.75, 3.05) is 13.7 Å². The summed E-state index contributed by atoms with van der Waals surface area (Å²) in [6.07, 6.45) is 4.46. The van der Waals surface area contributed by atoms with Crippen LogP contribution in [0.25, 0.3) is 0 Å². The fourth-order valence-electron chi connectivity index (χ4n) is 2.59. The molecule has 0 aliphatic carbocycles. The van der Waals surface area contributed by atoms with Gasteiger partial charge in [-0.15, -0.1) is 0 Å². The molecule has 2 rings (SSSR count). The van der Waals surface area contributed by atoms with Crippen LogP contribution in [0.5, 0.6) is 0 Å². The maximum atomic E-state index is 12.6. The molecule has 1 aliphatic heterocycles. The number of aromatic nitrogens is 1. The molecule has 1 atom stereocenters. The number of amides is 1. The van der Waals surface area contributed by atoms with Gasteiger partial charge in [0.1, 0.15) is 11.7 Å². The Morgan fingerprint density at radius 3 is 2.89 bits per heavy atom. The monoisotopic (exact) mass is 264 g/mol. The molecule has 1 aromatic heterocycles. The van der Waals surface area contributed by atoms with Crippen molar-refractivity contribution in [3.05, 3.63) is 24.0 Å². The highest BCUT2D eigenvalue weighted by Gasteiger charge is 2.34. The number of rotatable bonds is 3. The Morgan fingerprint density at radius 2 is 2.21 bits per heavy atom. The second-order valence-electron chi connectivity index (χ2n) is 4.71. The van der Waals surface area contributed by atoms with Crippen molar-refractivity contribution in [3.8, 4) is 0 Å². The summed E-state index contributed by atoms with van der Waals surface area (Å²) in [5, 5.41) is 0. The maximum absolute atomic E-state index is 12.6. The number of hydrogen-bond donors (Lipinski definition) is 0. The molecule has 0 N–H and O–H groups in total. The standard InChI is InChI=1S/C14H20N2O3/c1-3-15-9-6-8-11(15)13(17)16-10-5-4-7-12(16)14(18)19-2/h6,8-9,12H,3-5,7,10H2,1-2H3. The molecular formula is C14H20N2O3. The van der Waals surface area contributed by atoms with E-state index in [4.69, 9.17) is 4.74 Å². The highest BCUT2D eigenvalue weighted by molar-refractivity contribution is 5.95. The zero-order valence-electron chi connectivity index (χ0n) is 11.5. The van der Waals surface area contributed by atoms with Crippen molar-refractivity contribution in [3.63, 3.8) is 0 Å². The second-order valence-corrected chi connectivity index (χ2v) is 4.71. The Morgan fingerprint density at radius 1 is 1.42 bits per heavy atom. The van der Waals surface area contributed by atoms with Gasteiger partial charge in [-0.2, -0.15) is 0 Å². The molecule has 5 heteroatoms. The van der Waals surface area contributed by atoms with E-state index in [1.165, 1.54) is 7.11 Å². The summed E-state index contributed by atoms with van der Waals surface area (Å²) in [4.78, 5) is 26.0. The van der Waals surface area contributed by atoms with E-state index in [2.05, 4.69) is 0 Å². The average molecular weight is 264 g/mol. The lowest BCUT2D eigenvalue weighted by atomic mass is 10.0. The van der Waals surface area contributed by atoms with Crippen LogP contribution in [0.4, 0.5) is 0 Å². The topological polar surface area (TPSA) is 51.5 Å². The van der Waals surface area contributed by atoms with Gasteiger partial charge < -0.3 is 14.2 Å². The van der Waals surface area contributed by atoms with E-state index in [1.807, 2.05) is 23.8 Å². The predicted octanol–water partition coefficient (Wildman–Crippen LogP) is 1.68. The number of methoxy groups -OCH3 is 1. The predicted molar refractivity (Wildman–Crippen MR) is 70.8 cm³/mol. The summed E-state index contributed by atoms with van der Waals surface area (Å²) < 4.78 is 6.70. The van der Waals surface area contributed by atoms with E-state index < -0.39 is 6.04 Å². The number of carbonyl (C=O) groups is 2. The minimum atomic E-state index is -0.438. The molecule has 1 saturated heterocycles. The molecule has 1 aliphatic rings. The Labute approximate surface area is 113 Å². The normalized spacial score (nSPS) is 19.3. The number of ether oxygens (including phenoxy) is 1. The number of hydrogen-bond acceptors (Lipinski definition) is 3. The molecule has 0 aromatic carbocycles. The van der Waals surface area contributed by atoms with Gasteiger partial charge in [0.25, 0.3) is 5.91 Å². The van der Waals surface area contributed by atoms with Gasteiger partial charge >= 0.3 is 5.97 Å². The van der Waals surface area contributed by atoms with Crippen molar-refractivity contribution < 1.29 is 14.3 Å². The summed E-state index contributed by atoms with van der Waals surface area (Å²) in [7, 11) is 1.37. The first-order chi connectivity index (χ1) is 9.19. The van der Waals surface area contributed by atoms with Crippen molar-refractivity contribution in [1.82, 2.24) is 9.47 Å². The van der Waals surface area contributed by atoms with Crippen LogP contribution in [-0.2, 0) is 16.1 Å². The van der Waals surface area contributed by atoms with Gasteiger partial charge in [0.2, 0.25) is 0 Å². The molecule has 104 valence electrons. The molecule has 2 heterocycles. The van der Waals surface area contributed by atoms with Crippen LogP contribution in [0.2, 0.25) is 0 Å². The Kier molecular flexibility index (Phi) is 4.24. The molecule has 0 radical (unpaired) electrons. The van der Waals surface area contributed by atoms with Crippen LogP contribution in [-0.4, -0.2) is 41.0 Å². The zero-order chi connectivity index (χ0) is 13.8. The van der Waals surface area contributed by atoms with Gasteiger partial charge in [-0.3, -0.25) is 4.79 Å². The smallest absolute Gasteiger partial charge is 0.328 e. The molecule has 1 unspecified atom stereocenters. The number of esters is 1. The highest BCUT2D eigenvalue weighted by atomic mass is 16.5. The van der Waals surface area contributed by atoms with E-state index in [-0.39, 0.29) is 11.9 Å². The summed E-state index contributed by atoms with van der Waals surface area (Å²) >= 11 is 0. The fraction of sp³-hybridized carbons (Fsp3) is 0.571. The summed E-state index contributed by atoms with van der Waals surface area (Å²) in [6, 6.07) is 3.22. The summed E-state index contributed by atoms with van der Waals surface area (Å²) in [5.74, 6) is -0.399. The van der Waals surface area contributed by atoms with Crippen LogP contribution < -0.4 is 0 Å². The quantitative estimate of drug-likeness (QED) is 0.780. The van der Waals surface area contributed by atoms with Gasteiger partial charge in [0.15, 0.2) is 0 Å². The SMILES string of the molecule is CCn1cccc1C(=O)N1CCCCC1C(=O)OC. The van der Waals surface area contributed by atoms with E-state index >= 15 is 0 Å². The highest BCUT2D eigenvalue weighted by Crippen LogP contribution is 2.21. The van der Waals surface area contributed by atoms with Gasteiger partial charge in [0.05, 0.1) is 7.11 Å². The first-order valence-electron chi connectivity index (χ1n) is 6.73. The van der Waals surface area contributed by atoms with E-state index in [0.717, 1.165) is 19.4 Å². The third-order valence-electron chi connectivity index (χ3n) is 3.63. The molecule has 1 amide bonds. The molecule has 0 spiro atoms. The molecule has 1 fully saturated rings. The van der Waals surface area contributed by atoms with Crippen LogP contribution in [0.15, 0.2) is 18.3 Å². The minimum absolute atomic E-state index is 0.0815. The van der Waals surface area contributed by atoms with Gasteiger partial charge in [-0.05, 0) is 38.3 Å². The Balaban J connectivity index is 2.22. The first kappa shape index (κ1) is 13.6. The summed E-state index contributed by atoms with van der Waals surface area (Å²) in [5.41, 5.74) is 0.637. The van der Waals surface area contributed by atoms with Crippen molar-refractivity contribution in [2.24, 2.45) is 0 Å². The van der Waals surface area contributed by atoms with Gasteiger partial charge in [0, 0.05) is 19.3 Å². The summed E-state index contributed by atoms with van der Waals surface area (Å²) in [6.45, 7) is 3.35. The van der Waals surface area contributed by atoms with Crippen LogP contribution >= 0.6 is 0 Å². The first-order valence-corrected chi connectivity index (χ1v) is 6.73. The number of piperidine rings is 1. The Hall–Kier alpha value is -1.78. The number of nitrogens with zero attached hydrogens (tertiary/aromatic N) is 2. The molecular weight excluding hydrogens is 244 g/mol. The molecule has 0 saturated carbocycles. The minimum Gasteiger partial charge on any atom is -0.467 e. The number of carbonyl (C=O) groups excluding carboxylic acids is 2. The average Bonchev–Trinajstić information content (AvgIpc) is 2.94.